The molecule has 1 aliphatic rings. The van der Waals surface area contributed by atoms with Gasteiger partial charge in [0.15, 0.2) is 0 Å². The maximum atomic E-state index is 10.9. The molecule has 0 spiro atoms. The van der Waals surface area contributed by atoms with Crippen molar-refractivity contribution in [2.45, 2.75) is 33.2 Å². The fourth-order valence-electron chi connectivity index (χ4n) is 1.81. The van der Waals surface area contributed by atoms with Crippen LogP contribution >= 0.6 is 0 Å². The predicted octanol–water partition coefficient (Wildman–Crippen LogP) is 0.895. The molecule has 3 heteroatoms. The van der Waals surface area contributed by atoms with Crippen LogP contribution in [0.2, 0.25) is 0 Å². The fraction of sp³-hybridized carbons (Fsp3) is 0.909. The Balaban J connectivity index is 2.29. The van der Waals surface area contributed by atoms with Crippen molar-refractivity contribution in [3.63, 3.8) is 0 Å². The number of piperazine rings is 1. The molecule has 1 atom stereocenters. The van der Waals surface area contributed by atoms with Crippen molar-refractivity contribution in [2.24, 2.45) is 5.92 Å². The number of carbonyl (C=O) groups excluding carboxylic acids is 1. The molecule has 1 rings (SSSR count). The van der Waals surface area contributed by atoms with Crippen LogP contribution in [0.15, 0.2) is 0 Å². The van der Waals surface area contributed by atoms with Gasteiger partial charge in [-0.15, -0.1) is 0 Å². The second-order valence-corrected chi connectivity index (χ2v) is 4.56. The first-order valence-corrected chi connectivity index (χ1v) is 5.54. The summed E-state index contributed by atoms with van der Waals surface area (Å²) in [6.45, 7) is 10.3. The molecule has 0 aromatic carbocycles. The maximum Gasteiger partial charge on any atom is 0.131 e. The highest BCUT2D eigenvalue weighted by Crippen LogP contribution is 2.08. The number of hydrogen-bond acceptors (Lipinski definition) is 3. The van der Waals surface area contributed by atoms with Gasteiger partial charge in [0.05, 0.1) is 0 Å². The van der Waals surface area contributed by atoms with Gasteiger partial charge in [-0.1, -0.05) is 13.8 Å². The molecular weight excluding hydrogens is 176 g/mol. The van der Waals surface area contributed by atoms with E-state index in [1.54, 1.807) is 6.92 Å². The molecule has 1 aliphatic heterocycles. The van der Waals surface area contributed by atoms with E-state index in [1.165, 1.54) is 0 Å². The Hall–Kier alpha value is -0.410. The molecule has 1 saturated heterocycles. The Bertz CT molecular complexity index is 192. The van der Waals surface area contributed by atoms with Crippen LogP contribution in [0.3, 0.4) is 0 Å². The van der Waals surface area contributed by atoms with Gasteiger partial charge < -0.3 is 10.2 Å². The lowest BCUT2D eigenvalue weighted by atomic mass is 10.0. The lowest BCUT2D eigenvalue weighted by Crippen LogP contribution is -2.53. The van der Waals surface area contributed by atoms with Crippen molar-refractivity contribution < 1.29 is 4.79 Å². The van der Waals surface area contributed by atoms with E-state index in [0.29, 0.717) is 24.2 Å². The van der Waals surface area contributed by atoms with Crippen molar-refractivity contribution in [3.8, 4) is 0 Å². The van der Waals surface area contributed by atoms with Gasteiger partial charge in [-0.05, 0) is 12.8 Å². The highest BCUT2D eigenvalue weighted by molar-refractivity contribution is 5.75. The molecule has 1 N–H and O–H groups in total. The summed E-state index contributed by atoms with van der Waals surface area (Å²) in [5, 5.41) is 3.51. The third-order valence-electron chi connectivity index (χ3n) is 2.87. The Kier molecular flexibility index (Phi) is 4.55. The second-order valence-electron chi connectivity index (χ2n) is 4.56. The highest BCUT2D eigenvalue weighted by atomic mass is 16.1. The van der Waals surface area contributed by atoms with Crippen LogP contribution in [-0.4, -0.2) is 42.9 Å². The van der Waals surface area contributed by atoms with Crippen LogP contribution in [0.1, 0.15) is 27.2 Å². The van der Waals surface area contributed by atoms with Gasteiger partial charge in [0, 0.05) is 38.6 Å². The largest absolute Gasteiger partial charge is 0.311 e. The van der Waals surface area contributed by atoms with Crippen LogP contribution < -0.4 is 5.32 Å². The number of ketones is 1. The molecule has 0 bridgehead atoms. The monoisotopic (exact) mass is 198 g/mol. The van der Waals surface area contributed by atoms with Crippen LogP contribution in [-0.2, 0) is 4.79 Å². The van der Waals surface area contributed by atoms with E-state index < -0.39 is 0 Å². The van der Waals surface area contributed by atoms with Crippen LogP contribution in [0.5, 0.6) is 0 Å². The number of rotatable bonds is 4. The lowest BCUT2D eigenvalue weighted by Gasteiger charge is -2.35. The van der Waals surface area contributed by atoms with Crippen molar-refractivity contribution in [1.82, 2.24) is 10.2 Å². The highest BCUT2D eigenvalue weighted by Gasteiger charge is 2.21. The zero-order valence-corrected chi connectivity index (χ0v) is 9.55. The quantitative estimate of drug-likeness (QED) is 0.728. The summed E-state index contributed by atoms with van der Waals surface area (Å²) in [7, 11) is 0. The predicted molar refractivity (Wildman–Crippen MR) is 58.4 cm³/mol. The molecule has 82 valence electrons. The summed E-state index contributed by atoms with van der Waals surface area (Å²) >= 11 is 0. The first-order chi connectivity index (χ1) is 6.59. The average molecular weight is 198 g/mol. The number of Topliss-reactive ketones (excluding diaryl/α,β-unsaturated/α-hetero) is 1. The zero-order valence-electron chi connectivity index (χ0n) is 9.55. The molecule has 0 radical (unpaired) electrons. The number of carbonyl (C=O) groups is 1. The minimum absolute atomic E-state index is 0.296. The van der Waals surface area contributed by atoms with E-state index >= 15 is 0 Å². The first-order valence-electron chi connectivity index (χ1n) is 5.54. The molecule has 1 heterocycles. The SMILES string of the molecule is CC(=O)CCN1CCNC(C(C)C)C1. The van der Waals surface area contributed by atoms with Crippen LogP contribution in [0.25, 0.3) is 0 Å². The number of hydrogen-bond donors (Lipinski definition) is 1. The standard InChI is InChI=1S/C11H22N2O/c1-9(2)11-8-13(7-5-12-11)6-4-10(3)14/h9,11-12H,4-8H2,1-3H3. The van der Waals surface area contributed by atoms with E-state index in [2.05, 4.69) is 24.1 Å². The Morgan fingerprint density at radius 3 is 2.86 bits per heavy atom. The van der Waals surface area contributed by atoms with Gasteiger partial charge in [-0.2, -0.15) is 0 Å². The van der Waals surface area contributed by atoms with Gasteiger partial charge in [-0.25, -0.2) is 0 Å². The Labute approximate surface area is 86.9 Å². The smallest absolute Gasteiger partial charge is 0.131 e. The summed E-state index contributed by atoms with van der Waals surface area (Å²) in [5.41, 5.74) is 0. The molecule has 0 amide bonds. The fourth-order valence-corrected chi connectivity index (χ4v) is 1.81. The Morgan fingerprint density at radius 1 is 1.57 bits per heavy atom. The third-order valence-corrected chi connectivity index (χ3v) is 2.87. The van der Waals surface area contributed by atoms with Crippen LogP contribution in [0.4, 0.5) is 0 Å². The molecule has 0 aromatic rings. The maximum absolute atomic E-state index is 10.9. The molecule has 14 heavy (non-hydrogen) atoms. The molecular formula is C11H22N2O. The van der Waals surface area contributed by atoms with Crippen molar-refractivity contribution >= 4 is 5.78 Å². The number of nitrogens with zero attached hydrogens (tertiary/aromatic N) is 1. The summed E-state index contributed by atoms with van der Waals surface area (Å²) in [6, 6.07) is 0.593. The topological polar surface area (TPSA) is 32.3 Å². The first kappa shape index (κ1) is 11.7. The second kappa shape index (κ2) is 5.47. The molecule has 1 fully saturated rings. The van der Waals surface area contributed by atoms with Crippen LogP contribution in [0, 0.1) is 5.92 Å². The minimum atomic E-state index is 0.296. The van der Waals surface area contributed by atoms with Crippen molar-refractivity contribution in [1.29, 1.82) is 0 Å². The Morgan fingerprint density at radius 2 is 2.29 bits per heavy atom. The van der Waals surface area contributed by atoms with Gasteiger partial charge in [0.25, 0.3) is 0 Å². The zero-order chi connectivity index (χ0) is 10.6. The normalized spacial score (nSPS) is 24.1. The molecule has 0 aromatic heterocycles. The van der Waals surface area contributed by atoms with Crippen molar-refractivity contribution in [3.05, 3.63) is 0 Å². The van der Waals surface area contributed by atoms with Gasteiger partial charge in [0.1, 0.15) is 5.78 Å². The van der Waals surface area contributed by atoms with E-state index in [4.69, 9.17) is 0 Å². The van der Waals surface area contributed by atoms with E-state index in [9.17, 15) is 4.79 Å². The van der Waals surface area contributed by atoms with E-state index in [-0.39, 0.29) is 0 Å². The van der Waals surface area contributed by atoms with Crippen molar-refractivity contribution in [2.75, 3.05) is 26.2 Å². The minimum Gasteiger partial charge on any atom is -0.311 e. The lowest BCUT2D eigenvalue weighted by molar-refractivity contribution is -0.117. The third kappa shape index (κ3) is 3.76. The molecule has 0 saturated carbocycles. The molecule has 3 nitrogen and oxygen atoms in total. The summed E-state index contributed by atoms with van der Waals surface area (Å²) in [6.07, 6.45) is 0.699. The average Bonchev–Trinajstić information content (AvgIpc) is 2.15. The summed E-state index contributed by atoms with van der Waals surface area (Å²) in [4.78, 5) is 13.3. The number of nitrogens with one attached hydrogen (secondary N) is 1. The van der Waals surface area contributed by atoms with E-state index in [0.717, 1.165) is 26.2 Å². The van der Waals surface area contributed by atoms with E-state index in [1.807, 2.05) is 0 Å². The van der Waals surface area contributed by atoms with Gasteiger partial charge in [-0.3, -0.25) is 4.79 Å². The molecule has 0 aliphatic carbocycles. The van der Waals surface area contributed by atoms with Gasteiger partial charge >= 0.3 is 0 Å². The van der Waals surface area contributed by atoms with Gasteiger partial charge in [0.2, 0.25) is 0 Å². The molecule has 1 unspecified atom stereocenters. The summed E-state index contributed by atoms with van der Waals surface area (Å²) < 4.78 is 0. The summed E-state index contributed by atoms with van der Waals surface area (Å²) in [5.74, 6) is 0.972.